The summed E-state index contributed by atoms with van der Waals surface area (Å²) in [5, 5.41) is 18.2. The highest BCUT2D eigenvalue weighted by Crippen LogP contribution is 2.03. The third-order valence-electron chi connectivity index (χ3n) is 1.88. The van der Waals surface area contributed by atoms with Crippen LogP contribution in [0.3, 0.4) is 0 Å². The van der Waals surface area contributed by atoms with E-state index in [2.05, 4.69) is 24.2 Å². The summed E-state index contributed by atoms with van der Waals surface area (Å²) in [7, 11) is 0. The molecule has 5 N–H and O–H groups in total. The molecule has 0 aliphatic carbocycles. The summed E-state index contributed by atoms with van der Waals surface area (Å²) >= 11 is 0. The first-order valence-electron chi connectivity index (χ1n) is 6.77. The fourth-order valence-corrected chi connectivity index (χ4v) is 0.693. The third-order valence-corrected chi connectivity index (χ3v) is 1.88. The molecule has 0 spiro atoms. The van der Waals surface area contributed by atoms with Crippen LogP contribution in [0.15, 0.2) is 54.6 Å². The number of benzene rings is 1. The van der Waals surface area contributed by atoms with Crippen LogP contribution in [0.25, 0.3) is 0 Å². The number of carbonyl (C=O) groups excluding carboxylic acids is 3. The minimum absolute atomic E-state index is 0.176. The molecular formula is C17H22N2O7. The molecule has 0 radical (unpaired) electrons. The van der Waals surface area contributed by atoms with Crippen LogP contribution in [0.5, 0.6) is 0 Å². The van der Waals surface area contributed by atoms with Crippen LogP contribution in [0.2, 0.25) is 0 Å². The summed E-state index contributed by atoms with van der Waals surface area (Å²) in [5.74, 6) is -2.50. The van der Waals surface area contributed by atoms with E-state index in [0.29, 0.717) is 5.69 Å². The third kappa shape index (κ3) is 22.5. The maximum Gasteiger partial charge on any atom is 0.330 e. The SMILES string of the molecule is C=C(C)C(=O)O.C=C(C)C(=O)O.NC=O.O=CC(=O)Nc1ccccc1. The predicted molar refractivity (Wildman–Crippen MR) is 96.3 cm³/mol. The van der Waals surface area contributed by atoms with Crippen molar-refractivity contribution in [1.82, 2.24) is 0 Å². The monoisotopic (exact) mass is 366 g/mol. The molecule has 26 heavy (non-hydrogen) atoms. The Hall–Kier alpha value is -3.75. The highest BCUT2D eigenvalue weighted by atomic mass is 16.4. The Morgan fingerprint density at radius 2 is 1.27 bits per heavy atom. The number of carboxylic acid groups (broad SMARTS) is 2. The minimum atomic E-state index is -0.935. The minimum Gasteiger partial charge on any atom is -0.478 e. The maximum atomic E-state index is 10.5. The van der Waals surface area contributed by atoms with Gasteiger partial charge in [-0.25, -0.2) is 9.59 Å². The first kappa shape index (κ1) is 27.1. The number of carboxylic acids is 2. The molecule has 0 unspecified atom stereocenters. The van der Waals surface area contributed by atoms with E-state index in [0.717, 1.165) is 0 Å². The van der Waals surface area contributed by atoms with E-state index in [4.69, 9.17) is 15.0 Å². The van der Waals surface area contributed by atoms with Crippen LogP contribution < -0.4 is 11.1 Å². The Kier molecular flexibility index (Phi) is 18.4. The van der Waals surface area contributed by atoms with Gasteiger partial charge < -0.3 is 21.3 Å². The van der Waals surface area contributed by atoms with Gasteiger partial charge in [-0.15, -0.1) is 0 Å². The zero-order valence-corrected chi connectivity index (χ0v) is 14.5. The fraction of sp³-hybridized carbons (Fsp3) is 0.118. The number of primary amides is 1. The van der Waals surface area contributed by atoms with Gasteiger partial charge >= 0.3 is 11.9 Å². The molecule has 9 nitrogen and oxygen atoms in total. The Bertz CT molecular complexity index is 577. The molecule has 1 aromatic rings. The van der Waals surface area contributed by atoms with E-state index >= 15 is 0 Å². The molecule has 0 saturated carbocycles. The van der Waals surface area contributed by atoms with Crippen molar-refractivity contribution in [3.8, 4) is 0 Å². The van der Waals surface area contributed by atoms with E-state index in [9.17, 15) is 19.2 Å². The van der Waals surface area contributed by atoms with E-state index in [1.807, 2.05) is 6.07 Å². The number of hydrogen-bond acceptors (Lipinski definition) is 5. The first-order chi connectivity index (χ1) is 12.0. The molecule has 2 amide bonds. The number of rotatable bonds is 4. The van der Waals surface area contributed by atoms with Crippen molar-refractivity contribution in [3.05, 3.63) is 54.6 Å². The van der Waals surface area contributed by atoms with E-state index in [1.165, 1.54) is 13.8 Å². The van der Waals surface area contributed by atoms with Gasteiger partial charge in [-0.3, -0.25) is 14.4 Å². The van der Waals surface area contributed by atoms with Crippen molar-refractivity contribution in [3.63, 3.8) is 0 Å². The number of aliphatic carboxylic acids is 2. The van der Waals surface area contributed by atoms with Gasteiger partial charge in [0.15, 0.2) is 0 Å². The lowest BCUT2D eigenvalue weighted by molar-refractivity contribution is -0.133. The summed E-state index contributed by atoms with van der Waals surface area (Å²) in [6, 6.07) is 8.81. The molecular weight excluding hydrogens is 344 g/mol. The van der Waals surface area contributed by atoms with Crippen LogP contribution in [0, 0.1) is 0 Å². The normalized spacial score (nSPS) is 7.62. The quantitative estimate of drug-likeness (QED) is 0.353. The van der Waals surface area contributed by atoms with Gasteiger partial charge in [0, 0.05) is 16.8 Å². The van der Waals surface area contributed by atoms with Crippen LogP contribution in [0.1, 0.15) is 13.8 Å². The Labute approximate surface area is 150 Å². The van der Waals surface area contributed by atoms with E-state index in [1.54, 1.807) is 24.3 Å². The second kappa shape index (κ2) is 17.6. The fourth-order valence-electron chi connectivity index (χ4n) is 0.693. The van der Waals surface area contributed by atoms with Gasteiger partial charge in [0.2, 0.25) is 12.7 Å². The van der Waals surface area contributed by atoms with Crippen LogP contribution >= 0.6 is 0 Å². The smallest absolute Gasteiger partial charge is 0.330 e. The highest BCUT2D eigenvalue weighted by molar-refractivity contribution is 6.29. The summed E-state index contributed by atoms with van der Waals surface area (Å²) in [6.07, 6.45) is 0.493. The highest BCUT2D eigenvalue weighted by Gasteiger charge is 1.96. The molecule has 0 aliphatic rings. The van der Waals surface area contributed by atoms with Crippen molar-refractivity contribution in [2.24, 2.45) is 5.73 Å². The number of amides is 2. The topological polar surface area (TPSA) is 164 Å². The lowest BCUT2D eigenvalue weighted by atomic mass is 10.3. The van der Waals surface area contributed by atoms with Crippen molar-refractivity contribution in [2.45, 2.75) is 13.8 Å². The number of para-hydroxylation sites is 1. The second-order valence-corrected chi connectivity index (χ2v) is 4.28. The number of anilines is 1. The van der Waals surface area contributed by atoms with Crippen molar-refractivity contribution >= 4 is 36.2 Å². The zero-order valence-electron chi connectivity index (χ0n) is 14.5. The molecule has 1 aromatic carbocycles. The maximum absolute atomic E-state index is 10.5. The molecule has 0 aromatic heterocycles. The average molecular weight is 366 g/mol. The zero-order chi connectivity index (χ0) is 21.1. The molecule has 9 heteroatoms. The molecule has 142 valence electrons. The number of carbonyl (C=O) groups is 5. The first-order valence-corrected chi connectivity index (χ1v) is 6.77. The Balaban J connectivity index is -0.000000304. The molecule has 0 bridgehead atoms. The molecule has 0 atom stereocenters. The van der Waals surface area contributed by atoms with Gasteiger partial charge in [-0.1, -0.05) is 31.4 Å². The van der Waals surface area contributed by atoms with Gasteiger partial charge in [0.05, 0.1) is 0 Å². The average Bonchev–Trinajstić information content (AvgIpc) is 2.57. The summed E-state index contributed by atoms with van der Waals surface area (Å²) in [4.78, 5) is 48.2. The van der Waals surface area contributed by atoms with Gasteiger partial charge in [-0.2, -0.15) is 0 Å². The van der Waals surface area contributed by atoms with E-state index in [-0.39, 0.29) is 23.8 Å². The molecule has 0 aliphatic heterocycles. The second-order valence-electron chi connectivity index (χ2n) is 4.28. The van der Waals surface area contributed by atoms with Crippen LogP contribution in [-0.2, 0) is 24.0 Å². The Morgan fingerprint density at radius 3 is 1.50 bits per heavy atom. The van der Waals surface area contributed by atoms with Gasteiger partial charge in [0.25, 0.3) is 5.91 Å². The Morgan fingerprint density at radius 1 is 0.962 bits per heavy atom. The largest absolute Gasteiger partial charge is 0.478 e. The number of hydrogen-bond donors (Lipinski definition) is 4. The van der Waals surface area contributed by atoms with Crippen LogP contribution in [0.4, 0.5) is 5.69 Å². The standard InChI is InChI=1S/C8H7NO2.2C4H6O2.CH3NO/c10-6-8(11)9-7-4-2-1-3-5-7;2*1-3(2)4(5)6;2-1-3/h1-6H,(H,9,11);2*1H2,2H3,(H,5,6);1H,(H2,2,3). The summed E-state index contributed by atoms with van der Waals surface area (Å²) < 4.78 is 0. The van der Waals surface area contributed by atoms with E-state index < -0.39 is 17.8 Å². The van der Waals surface area contributed by atoms with Gasteiger partial charge in [-0.05, 0) is 26.0 Å². The molecule has 0 heterocycles. The summed E-state index contributed by atoms with van der Waals surface area (Å²) in [6.45, 7) is 9.20. The molecule has 1 rings (SSSR count). The van der Waals surface area contributed by atoms with Gasteiger partial charge in [0.1, 0.15) is 0 Å². The molecule has 0 saturated heterocycles. The van der Waals surface area contributed by atoms with Crippen LogP contribution in [-0.4, -0.2) is 40.8 Å². The molecule has 0 fully saturated rings. The number of aldehydes is 1. The predicted octanol–water partition coefficient (Wildman–Crippen LogP) is 1.22. The number of nitrogens with one attached hydrogen (secondary N) is 1. The number of nitrogens with two attached hydrogens (primary N) is 1. The van der Waals surface area contributed by atoms with Crippen molar-refractivity contribution in [1.29, 1.82) is 0 Å². The summed E-state index contributed by atoms with van der Waals surface area (Å²) in [5.41, 5.74) is 5.15. The lowest BCUT2D eigenvalue weighted by Crippen LogP contribution is -2.11. The lowest BCUT2D eigenvalue weighted by Gasteiger charge is -1.97. The van der Waals surface area contributed by atoms with Crippen molar-refractivity contribution in [2.75, 3.05) is 5.32 Å². The van der Waals surface area contributed by atoms with Crippen molar-refractivity contribution < 1.29 is 34.2 Å².